The first-order chi connectivity index (χ1) is 19.4. The van der Waals surface area contributed by atoms with Crippen molar-refractivity contribution in [1.82, 2.24) is 10.2 Å². The number of rotatable bonds is 13. The molecule has 0 aromatic heterocycles. The van der Waals surface area contributed by atoms with E-state index in [0.717, 1.165) is 23.3 Å². The maximum absolute atomic E-state index is 13.1. The largest absolute Gasteiger partial charge is 0.416 e. The Morgan fingerprint density at radius 1 is 0.976 bits per heavy atom. The van der Waals surface area contributed by atoms with E-state index in [0.29, 0.717) is 42.4 Å². The fourth-order valence-electron chi connectivity index (χ4n) is 4.70. The minimum Gasteiger partial charge on any atom is -0.385 e. The predicted molar refractivity (Wildman–Crippen MR) is 158 cm³/mol. The van der Waals surface area contributed by atoms with E-state index in [1.807, 2.05) is 37.3 Å². The average molecular weight is 609 g/mol. The fourth-order valence-corrected chi connectivity index (χ4v) is 5.00. The molecule has 2 unspecified atom stereocenters. The van der Waals surface area contributed by atoms with Gasteiger partial charge in [0, 0.05) is 24.2 Å². The summed E-state index contributed by atoms with van der Waals surface area (Å²) in [5.74, 6) is -1.06. The van der Waals surface area contributed by atoms with Crippen molar-refractivity contribution >= 4 is 34.8 Å². The summed E-state index contributed by atoms with van der Waals surface area (Å²) in [6, 6.07) is 18.8. The molecule has 0 saturated heterocycles. The highest BCUT2D eigenvalue weighted by Gasteiger charge is 2.31. The molecule has 0 bridgehead atoms. The lowest BCUT2D eigenvalue weighted by atomic mass is 9.88. The maximum atomic E-state index is 13.1. The lowest BCUT2D eigenvalue weighted by Crippen LogP contribution is -2.35. The van der Waals surface area contributed by atoms with Crippen LogP contribution in [0.15, 0.2) is 72.8 Å². The Bertz CT molecular complexity index is 1340. The molecule has 2 atom stereocenters. The average Bonchev–Trinajstić information content (AvgIpc) is 2.96. The van der Waals surface area contributed by atoms with E-state index >= 15 is 0 Å². The van der Waals surface area contributed by atoms with Crippen molar-refractivity contribution in [2.75, 3.05) is 26.7 Å². The number of carbonyl (C=O) groups is 1. The quantitative estimate of drug-likeness (QED) is 0.139. The third kappa shape index (κ3) is 8.79. The van der Waals surface area contributed by atoms with Gasteiger partial charge in [-0.2, -0.15) is 13.2 Å². The van der Waals surface area contributed by atoms with Crippen molar-refractivity contribution in [1.29, 1.82) is 5.41 Å². The SMILES string of the molecule is CCC(O)(CCNCCC(C(=N)CN(C)C(=O)c1cccc(C(F)(F)F)c1)c1ccc(Cl)c(Cl)c1)c1ccccc1. The predicted octanol–water partition coefficient (Wildman–Crippen LogP) is 7.56. The molecule has 0 fully saturated rings. The Labute approximate surface area is 248 Å². The molecule has 3 aromatic rings. The topological polar surface area (TPSA) is 76.4 Å². The van der Waals surface area contributed by atoms with E-state index in [9.17, 15) is 23.1 Å². The zero-order valence-electron chi connectivity index (χ0n) is 22.9. The highest BCUT2D eigenvalue weighted by atomic mass is 35.5. The molecule has 1 amide bonds. The number of aliphatic hydroxyl groups is 1. The molecule has 0 saturated carbocycles. The molecule has 0 aliphatic carbocycles. The van der Waals surface area contributed by atoms with Crippen LogP contribution in [0, 0.1) is 5.41 Å². The third-order valence-electron chi connectivity index (χ3n) is 7.18. The van der Waals surface area contributed by atoms with Gasteiger partial charge in [0.25, 0.3) is 5.91 Å². The molecule has 0 aliphatic heterocycles. The molecule has 0 aliphatic rings. The van der Waals surface area contributed by atoms with Gasteiger partial charge in [-0.3, -0.25) is 4.79 Å². The first kappa shape index (κ1) is 32.6. The van der Waals surface area contributed by atoms with Crippen LogP contribution >= 0.6 is 23.2 Å². The van der Waals surface area contributed by atoms with E-state index < -0.39 is 29.2 Å². The summed E-state index contributed by atoms with van der Waals surface area (Å²) in [6.45, 7) is 2.89. The van der Waals surface area contributed by atoms with E-state index in [1.54, 1.807) is 18.2 Å². The number of amides is 1. The maximum Gasteiger partial charge on any atom is 0.416 e. The van der Waals surface area contributed by atoms with Crippen LogP contribution in [0.1, 0.15) is 59.2 Å². The number of hydrogen-bond acceptors (Lipinski definition) is 4. The van der Waals surface area contributed by atoms with Crippen LogP contribution in [0.5, 0.6) is 0 Å². The van der Waals surface area contributed by atoms with Crippen molar-refractivity contribution in [3.63, 3.8) is 0 Å². The Hall–Kier alpha value is -2.91. The van der Waals surface area contributed by atoms with Crippen LogP contribution in [0.2, 0.25) is 10.0 Å². The van der Waals surface area contributed by atoms with Crippen molar-refractivity contribution in [2.45, 2.75) is 43.9 Å². The summed E-state index contributed by atoms with van der Waals surface area (Å²) >= 11 is 12.4. The van der Waals surface area contributed by atoms with Crippen LogP contribution < -0.4 is 5.32 Å². The molecule has 220 valence electrons. The van der Waals surface area contributed by atoms with Gasteiger partial charge in [0.05, 0.1) is 27.8 Å². The monoisotopic (exact) mass is 607 g/mol. The van der Waals surface area contributed by atoms with Crippen LogP contribution in [-0.4, -0.2) is 48.3 Å². The van der Waals surface area contributed by atoms with Crippen molar-refractivity contribution < 1.29 is 23.1 Å². The Morgan fingerprint density at radius 2 is 1.66 bits per heavy atom. The molecule has 41 heavy (non-hydrogen) atoms. The first-order valence-electron chi connectivity index (χ1n) is 13.3. The fraction of sp³-hybridized carbons (Fsp3) is 0.355. The number of alkyl halides is 3. The molecule has 0 radical (unpaired) electrons. The first-order valence-corrected chi connectivity index (χ1v) is 14.0. The Morgan fingerprint density at radius 3 is 2.29 bits per heavy atom. The van der Waals surface area contributed by atoms with Gasteiger partial charge in [-0.15, -0.1) is 0 Å². The van der Waals surface area contributed by atoms with Gasteiger partial charge in [-0.25, -0.2) is 0 Å². The normalized spacial score (nSPS) is 13.9. The second kappa shape index (κ2) is 14.3. The van der Waals surface area contributed by atoms with E-state index in [1.165, 1.54) is 24.1 Å². The smallest absolute Gasteiger partial charge is 0.385 e. The van der Waals surface area contributed by atoms with E-state index in [4.69, 9.17) is 28.6 Å². The summed E-state index contributed by atoms with van der Waals surface area (Å²) in [6.07, 6.45) is -3.03. The van der Waals surface area contributed by atoms with Gasteiger partial charge in [0.2, 0.25) is 0 Å². The van der Waals surface area contributed by atoms with Crippen LogP contribution in [0.25, 0.3) is 0 Å². The highest BCUT2D eigenvalue weighted by Crippen LogP contribution is 2.31. The second-order valence-electron chi connectivity index (χ2n) is 10.0. The van der Waals surface area contributed by atoms with Crippen molar-refractivity contribution in [3.8, 4) is 0 Å². The van der Waals surface area contributed by atoms with Crippen LogP contribution in [0.4, 0.5) is 13.2 Å². The van der Waals surface area contributed by atoms with E-state index in [-0.39, 0.29) is 17.8 Å². The van der Waals surface area contributed by atoms with Crippen LogP contribution in [0.3, 0.4) is 0 Å². The third-order valence-corrected chi connectivity index (χ3v) is 7.92. The van der Waals surface area contributed by atoms with Crippen LogP contribution in [-0.2, 0) is 11.8 Å². The molecule has 0 spiro atoms. The lowest BCUT2D eigenvalue weighted by molar-refractivity contribution is -0.137. The van der Waals surface area contributed by atoms with Gasteiger partial charge in [0.15, 0.2) is 0 Å². The van der Waals surface area contributed by atoms with Gasteiger partial charge in [-0.05, 0) is 73.8 Å². The van der Waals surface area contributed by atoms with Gasteiger partial charge in [0.1, 0.15) is 0 Å². The Kier molecular flexibility index (Phi) is 11.4. The number of benzene rings is 3. The number of nitrogens with one attached hydrogen (secondary N) is 2. The van der Waals surface area contributed by atoms with Gasteiger partial charge >= 0.3 is 6.18 Å². The zero-order valence-corrected chi connectivity index (χ0v) is 24.5. The standard InChI is InChI=1S/C31H34Cl2F3N3O2/c1-3-30(41,23-9-5-4-6-10-23)15-17-38-16-14-25(21-12-13-26(32)27(33)19-21)28(37)20-39(2)29(40)22-8-7-11-24(18-22)31(34,35)36/h4-13,18-19,25,37-38,41H,3,14-17,20H2,1-2H3. The molecular weight excluding hydrogens is 574 g/mol. The van der Waals surface area contributed by atoms with E-state index in [2.05, 4.69) is 5.32 Å². The molecule has 3 N–H and O–H groups in total. The minimum absolute atomic E-state index is 0.0937. The van der Waals surface area contributed by atoms with Gasteiger partial charge < -0.3 is 20.7 Å². The molecular formula is C31H34Cl2F3N3O2. The molecule has 3 rings (SSSR count). The molecule has 0 heterocycles. The number of nitrogens with zero attached hydrogens (tertiary/aromatic N) is 1. The zero-order chi connectivity index (χ0) is 30.2. The Balaban J connectivity index is 1.68. The number of halogens is 5. The van der Waals surface area contributed by atoms with Crippen molar-refractivity contribution in [3.05, 3.63) is 105 Å². The van der Waals surface area contributed by atoms with Gasteiger partial charge in [-0.1, -0.05) is 72.6 Å². The summed E-state index contributed by atoms with van der Waals surface area (Å²) in [5, 5.41) is 24.0. The summed E-state index contributed by atoms with van der Waals surface area (Å²) in [4.78, 5) is 14.2. The number of hydrogen-bond donors (Lipinski definition) is 3. The summed E-state index contributed by atoms with van der Waals surface area (Å²) in [5.41, 5.74) is -0.189. The lowest BCUT2D eigenvalue weighted by Gasteiger charge is -2.28. The molecule has 5 nitrogen and oxygen atoms in total. The molecule has 3 aromatic carbocycles. The minimum atomic E-state index is -4.57. The summed E-state index contributed by atoms with van der Waals surface area (Å²) in [7, 11) is 1.45. The molecule has 10 heteroatoms. The van der Waals surface area contributed by atoms with Crippen molar-refractivity contribution in [2.24, 2.45) is 0 Å². The number of carbonyl (C=O) groups excluding carboxylic acids is 1. The second-order valence-corrected chi connectivity index (χ2v) is 10.8. The highest BCUT2D eigenvalue weighted by molar-refractivity contribution is 6.42. The summed E-state index contributed by atoms with van der Waals surface area (Å²) < 4.78 is 39.4.